The molecule has 2 N–H and O–H groups in total. The molecule has 0 atom stereocenters. The van der Waals surface area contributed by atoms with Crippen molar-refractivity contribution < 1.29 is 4.42 Å². The average molecular weight is 415 g/mol. The summed E-state index contributed by atoms with van der Waals surface area (Å²) in [5, 5.41) is 0.694. The summed E-state index contributed by atoms with van der Waals surface area (Å²) in [6, 6.07) is 13.7. The number of oxazole rings is 1. The lowest BCUT2D eigenvalue weighted by molar-refractivity contribution is 0.194. The Bertz CT molecular complexity index is 860. The van der Waals surface area contributed by atoms with Crippen molar-refractivity contribution >= 4 is 53.2 Å². The third-order valence-electron chi connectivity index (χ3n) is 4.66. The lowest BCUT2D eigenvalue weighted by Crippen LogP contribution is -2.32. The number of nitrogens with zero attached hydrogens (tertiary/aromatic N) is 2. The number of halogens is 3. The van der Waals surface area contributed by atoms with Crippen LogP contribution in [0.25, 0.3) is 11.1 Å². The van der Waals surface area contributed by atoms with Gasteiger partial charge in [0.2, 0.25) is 0 Å². The predicted octanol–water partition coefficient (Wildman–Crippen LogP) is 5.29. The lowest BCUT2D eigenvalue weighted by Gasteiger charge is -2.30. The van der Waals surface area contributed by atoms with E-state index in [4.69, 9.17) is 21.8 Å². The molecule has 0 radical (unpaired) electrons. The molecule has 26 heavy (non-hydrogen) atoms. The minimum absolute atomic E-state index is 0. The first-order valence-electron chi connectivity index (χ1n) is 8.30. The molecule has 1 aromatic heterocycles. The molecule has 1 aliphatic heterocycles. The molecule has 4 nitrogen and oxygen atoms in total. The Balaban J connectivity index is 0.00000121. The van der Waals surface area contributed by atoms with Crippen LogP contribution < -0.4 is 5.73 Å². The summed E-state index contributed by atoms with van der Waals surface area (Å²) in [7, 11) is 0. The van der Waals surface area contributed by atoms with Crippen molar-refractivity contribution in [2.24, 2.45) is 0 Å². The van der Waals surface area contributed by atoms with Gasteiger partial charge in [-0.15, -0.1) is 24.8 Å². The number of hydrogen-bond donors (Lipinski definition) is 1. The molecule has 0 unspecified atom stereocenters. The molecule has 1 saturated heterocycles. The number of hydrogen-bond acceptors (Lipinski definition) is 4. The molecule has 2 aromatic carbocycles. The average Bonchev–Trinajstić information content (AvgIpc) is 2.98. The van der Waals surface area contributed by atoms with Gasteiger partial charge in [0.1, 0.15) is 5.52 Å². The molecular weight excluding hydrogens is 393 g/mol. The van der Waals surface area contributed by atoms with E-state index in [1.54, 1.807) is 0 Å². The van der Waals surface area contributed by atoms with Gasteiger partial charge < -0.3 is 10.2 Å². The molecule has 2 heterocycles. The Morgan fingerprint density at radius 3 is 2.62 bits per heavy atom. The molecular formula is C19H22Cl3N3O. The summed E-state index contributed by atoms with van der Waals surface area (Å²) in [4.78, 5) is 7.09. The number of benzene rings is 2. The first-order chi connectivity index (χ1) is 11.7. The first-order valence-corrected chi connectivity index (χ1v) is 8.68. The molecule has 1 aliphatic rings. The van der Waals surface area contributed by atoms with Crippen molar-refractivity contribution in [2.45, 2.75) is 25.3 Å². The smallest absolute Gasteiger partial charge is 0.198 e. The fraction of sp³-hybridized carbons (Fsp3) is 0.316. The fourth-order valence-electron chi connectivity index (χ4n) is 3.38. The number of anilines is 1. The minimum atomic E-state index is 0. The zero-order valence-electron chi connectivity index (χ0n) is 14.2. The van der Waals surface area contributed by atoms with Gasteiger partial charge in [0.05, 0.1) is 0 Å². The van der Waals surface area contributed by atoms with E-state index in [1.807, 2.05) is 30.3 Å². The van der Waals surface area contributed by atoms with Crippen LogP contribution in [0.5, 0.6) is 0 Å². The van der Waals surface area contributed by atoms with E-state index < -0.39 is 0 Å². The molecule has 0 spiro atoms. The van der Waals surface area contributed by atoms with E-state index in [2.05, 4.69) is 22.0 Å². The van der Waals surface area contributed by atoms with Gasteiger partial charge in [-0.05, 0) is 61.8 Å². The number of rotatable bonds is 3. The summed E-state index contributed by atoms with van der Waals surface area (Å²) >= 11 is 6.02. The van der Waals surface area contributed by atoms with Crippen LogP contribution in [0.2, 0.25) is 5.02 Å². The highest BCUT2D eigenvalue weighted by atomic mass is 35.5. The molecule has 140 valence electrons. The largest absolute Gasteiger partial charge is 0.440 e. The monoisotopic (exact) mass is 413 g/mol. The maximum absolute atomic E-state index is 6.02. The third-order valence-corrected chi connectivity index (χ3v) is 4.90. The zero-order valence-corrected chi connectivity index (χ0v) is 16.6. The van der Waals surface area contributed by atoms with Crippen LogP contribution in [0.3, 0.4) is 0 Å². The van der Waals surface area contributed by atoms with Gasteiger partial charge >= 0.3 is 0 Å². The van der Waals surface area contributed by atoms with Crippen LogP contribution in [0, 0.1) is 0 Å². The Labute approximate surface area is 170 Å². The molecule has 7 heteroatoms. The second kappa shape index (κ2) is 8.96. The molecule has 3 aromatic rings. The minimum Gasteiger partial charge on any atom is -0.440 e. The zero-order chi connectivity index (χ0) is 16.5. The summed E-state index contributed by atoms with van der Waals surface area (Å²) < 4.78 is 5.93. The summed E-state index contributed by atoms with van der Waals surface area (Å²) in [6.07, 6.45) is 2.12. The number of nitrogens with two attached hydrogens (primary N) is 1. The van der Waals surface area contributed by atoms with E-state index in [0.717, 1.165) is 55.2 Å². The second-order valence-electron chi connectivity index (χ2n) is 6.46. The van der Waals surface area contributed by atoms with Gasteiger partial charge in [-0.25, -0.2) is 4.98 Å². The number of nitrogen functional groups attached to an aromatic ring is 1. The van der Waals surface area contributed by atoms with Gasteiger partial charge in [0.15, 0.2) is 11.5 Å². The van der Waals surface area contributed by atoms with Crippen LogP contribution in [0.4, 0.5) is 5.69 Å². The SMILES string of the molecule is Cl.Cl.Nc1cccc(CN2CCC(c3nc4cc(Cl)ccc4o3)CC2)c1. The van der Waals surface area contributed by atoms with Crippen LogP contribution in [0.1, 0.15) is 30.2 Å². The van der Waals surface area contributed by atoms with Crippen LogP contribution in [0.15, 0.2) is 46.9 Å². The van der Waals surface area contributed by atoms with Crippen LogP contribution in [-0.4, -0.2) is 23.0 Å². The maximum Gasteiger partial charge on any atom is 0.198 e. The normalized spacial score (nSPS) is 15.4. The van der Waals surface area contributed by atoms with Crippen molar-refractivity contribution in [3.8, 4) is 0 Å². The lowest BCUT2D eigenvalue weighted by atomic mass is 9.96. The molecule has 1 fully saturated rings. The quantitative estimate of drug-likeness (QED) is 0.592. The Hall–Kier alpha value is -1.46. The molecule has 4 rings (SSSR count). The van der Waals surface area contributed by atoms with Crippen molar-refractivity contribution in [3.05, 3.63) is 58.9 Å². The highest BCUT2D eigenvalue weighted by Crippen LogP contribution is 2.31. The van der Waals surface area contributed by atoms with E-state index in [-0.39, 0.29) is 24.8 Å². The van der Waals surface area contributed by atoms with Gasteiger partial charge in [0, 0.05) is 23.2 Å². The highest BCUT2D eigenvalue weighted by Gasteiger charge is 2.24. The number of aromatic nitrogens is 1. The highest BCUT2D eigenvalue weighted by molar-refractivity contribution is 6.31. The molecule has 0 amide bonds. The van der Waals surface area contributed by atoms with E-state index in [9.17, 15) is 0 Å². The van der Waals surface area contributed by atoms with Gasteiger partial charge in [-0.1, -0.05) is 23.7 Å². The van der Waals surface area contributed by atoms with Gasteiger partial charge in [-0.2, -0.15) is 0 Å². The first kappa shape index (κ1) is 20.8. The summed E-state index contributed by atoms with van der Waals surface area (Å²) in [5.41, 5.74) is 9.62. The Kier molecular flexibility index (Phi) is 7.18. The third kappa shape index (κ3) is 4.63. The number of likely N-dealkylation sites (tertiary alicyclic amines) is 1. The maximum atomic E-state index is 6.02. The fourth-order valence-corrected chi connectivity index (χ4v) is 3.55. The van der Waals surface area contributed by atoms with Crippen LogP contribution >= 0.6 is 36.4 Å². The molecule has 0 aliphatic carbocycles. The number of piperidine rings is 1. The topological polar surface area (TPSA) is 55.3 Å². The summed E-state index contributed by atoms with van der Waals surface area (Å²) in [5.74, 6) is 1.23. The van der Waals surface area contributed by atoms with Crippen molar-refractivity contribution in [1.29, 1.82) is 0 Å². The van der Waals surface area contributed by atoms with E-state index in [0.29, 0.717) is 10.9 Å². The van der Waals surface area contributed by atoms with Crippen molar-refractivity contribution in [2.75, 3.05) is 18.8 Å². The predicted molar refractivity (Wildman–Crippen MR) is 112 cm³/mol. The van der Waals surface area contributed by atoms with E-state index in [1.165, 1.54) is 5.56 Å². The molecule has 0 bridgehead atoms. The van der Waals surface area contributed by atoms with Crippen LogP contribution in [-0.2, 0) is 6.54 Å². The summed E-state index contributed by atoms with van der Waals surface area (Å²) in [6.45, 7) is 3.03. The van der Waals surface area contributed by atoms with E-state index >= 15 is 0 Å². The van der Waals surface area contributed by atoms with Gasteiger partial charge in [-0.3, -0.25) is 4.90 Å². The Morgan fingerprint density at radius 1 is 1.12 bits per heavy atom. The standard InChI is InChI=1S/C19H20ClN3O.2ClH/c20-15-4-5-18-17(11-15)22-19(24-18)14-6-8-23(9-7-14)12-13-2-1-3-16(21)10-13;;/h1-5,10-11,14H,6-9,12,21H2;2*1H. The van der Waals surface area contributed by atoms with Gasteiger partial charge in [0.25, 0.3) is 0 Å². The van der Waals surface area contributed by atoms with Crippen molar-refractivity contribution in [3.63, 3.8) is 0 Å². The number of fused-ring (bicyclic) bond motifs is 1. The second-order valence-corrected chi connectivity index (χ2v) is 6.90. The van der Waals surface area contributed by atoms with Crippen molar-refractivity contribution in [1.82, 2.24) is 9.88 Å². The Morgan fingerprint density at radius 2 is 1.88 bits per heavy atom. The molecule has 0 saturated carbocycles.